The Kier molecular flexibility index (Phi) is 3.96. The van der Waals surface area contributed by atoms with Crippen LogP contribution in [0.5, 0.6) is 0 Å². The van der Waals surface area contributed by atoms with Gasteiger partial charge in [-0.3, -0.25) is 9.89 Å². The van der Waals surface area contributed by atoms with Gasteiger partial charge < -0.3 is 15.3 Å². The van der Waals surface area contributed by atoms with E-state index in [9.17, 15) is 36.2 Å². The van der Waals surface area contributed by atoms with Crippen molar-refractivity contribution in [1.29, 1.82) is 0 Å². The number of piperidine rings is 1. The summed E-state index contributed by atoms with van der Waals surface area (Å²) in [5, 5.41) is 19.0. The molecule has 7 nitrogen and oxygen atoms in total. The maximum absolute atomic E-state index is 13.6. The van der Waals surface area contributed by atoms with Gasteiger partial charge in [0, 0.05) is 25.2 Å². The smallest absolute Gasteiger partial charge is 0.376 e. The highest BCUT2D eigenvalue weighted by Crippen LogP contribution is 2.61. The zero-order valence-corrected chi connectivity index (χ0v) is 15.6. The summed E-state index contributed by atoms with van der Waals surface area (Å²) in [4.78, 5) is 17.3. The fourth-order valence-electron chi connectivity index (χ4n) is 4.71. The van der Waals surface area contributed by atoms with Crippen molar-refractivity contribution >= 4 is 17.5 Å². The molecule has 0 spiro atoms. The molecule has 2 fully saturated rings. The summed E-state index contributed by atoms with van der Waals surface area (Å²) in [5.74, 6) is -1.44. The van der Waals surface area contributed by atoms with Crippen molar-refractivity contribution in [2.45, 2.75) is 30.3 Å². The fraction of sp³-hybridized carbons (Fsp3) is 0.500. The first-order chi connectivity index (χ1) is 14.4. The van der Waals surface area contributed by atoms with E-state index in [-0.39, 0.29) is 29.3 Å². The number of alkyl halides is 6. The molecule has 1 saturated carbocycles. The number of hydrogen-bond donors (Lipinski definition) is 3. The number of aromatic nitrogens is 3. The number of nitrogens with zero attached hydrogens (tertiary/aromatic N) is 3. The van der Waals surface area contributed by atoms with Crippen molar-refractivity contribution in [3.8, 4) is 0 Å². The first kappa shape index (κ1) is 20.1. The molecule has 0 aromatic carbocycles. The number of aliphatic hydroxyl groups is 1. The first-order valence-electron chi connectivity index (χ1n) is 9.36. The van der Waals surface area contributed by atoms with E-state index in [1.165, 1.54) is 6.07 Å². The summed E-state index contributed by atoms with van der Waals surface area (Å²) < 4.78 is 79.0. The lowest BCUT2D eigenvalue weighted by molar-refractivity contribution is -0.267. The number of amides is 1. The van der Waals surface area contributed by atoms with Crippen LogP contribution in [0.15, 0.2) is 18.3 Å². The third kappa shape index (κ3) is 2.97. The number of pyridine rings is 1. The molecule has 2 aromatic heterocycles. The van der Waals surface area contributed by atoms with Gasteiger partial charge in [0.2, 0.25) is 5.91 Å². The largest absolute Gasteiger partial charge is 0.422 e. The zero-order valence-electron chi connectivity index (χ0n) is 15.6. The lowest BCUT2D eigenvalue weighted by Gasteiger charge is -2.34. The Balaban J connectivity index is 1.37. The lowest BCUT2D eigenvalue weighted by atomic mass is 9.85. The third-order valence-electron chi connectivity index (χ3n) is 6.27. The molecule has 0 bridgehead atoms. The molecule has 4 heterocycles. The normalized spacial score (nSPS) is 30.1. The Morgan fingerprint density at radius 1 is 1.13 bits per heavy atom. The SMILES string of the molecule is O=C1CC(O)(C(F)(F)F)c2c([C@H]3[C@@H]4CN(c5ccc(C(F)(F)F)cn5)C[C@@H]43)n[nH]c2N1. The van der Waals surface area contributed by atoms with Crippen LogP contribution in [0.4, 0.5) is 38.0 Å². The Hall–Kier alpha value is -2.83. The summed E-state index contributed by atoms with van der Waals surface area (Å²) in [7, 11) is 0. The summed E-state index contributed by atoms with van der Waals surface area (Å²) >= 11 is 0. The lowest BCUT2D eigenvalue weighted by Crippen LogP contribution is -2.48. The molecular weight excluding hydrogens is 432 g/mol. The average molecular weight is 447 g/mol. The summed E-state index contributed by atoms with van der Waals surface area (Å²) in [6.07, 6.45) is -9.97. The van der Waals surface area contributed by atoms with Gasteiger partial charge in [-0.25, -0.2) is 4.98 Å². The quantitative estimate of drug-likeness (QED) is 0.616. The molecule has 1 aliphatic carbocycles. The van der Waals surface area contributed by atoms with E-state index in [0.29, 0.717) is 18.9 Å². The maximum atomic E-state index is 13.6. The van der Waals surface area contributed by atoms with Gasteiger partial charge in [0.1, 0.15) is 11.6 Å². The highest BCUT2D eigenvalue weighted by atomic mass is 19.4. The van der Waals surface area contributed by atoms with Gasteiger partial charge in [0.25, 0.3) is 0 Å². The predicted octanol–water partition coefficient (Wildman–Crippen LogP) is 2.77. The molecule has 1 saturated heterocycles. The van der Waals surface area contributed by atoms with Gasteiger partial charge in [0.15, 0.2) is 5.60 Å². The van der Waals surface area contributed by atoms with E-state index < -0.39 is 41.4 Å². The predicted molar refractivity (Wildman–Crippen MR) is 93.0 cm³/mol. The Labute approximate surface area is 170 Å². The molecule has 166 valence electrons. The topological polar surface area (TPSA) is 94.1 Å². The van der Waals surface area contributed by atoms with Crippen molar-refractivity contribution in [2.75, 3.05) is 23.3 Å². The minimum Gasteiger partial charge on any atom is -0.376 e. The van der Waals surface area contributed by atoms with Gasteiger partial charge in [-0.1, -0.05) is 0 Å². The maximum Gasteiger partial charge on any atom is 0.422 e. The van der Waals surface area contributed by atoms with Crippen LogP contribution in [-0.2, 0) is 16.6 Å². The molecule has 3 aliphatic rings. The number of aromatic amines is 1. The van der Waals surface area contributed by atoms with Crippen molar-refractivity contribution in [3.05, 3.63) is 35.2 Å². The van der Waals surface area contributed by atoms with Gasteiger partial charge in [0.05, 0.1) is 23.2 Å². The van der Waals surface area contributed by atoms with E-state index in [0.717, 1.165) is 12.3 Å². The number of fused-ring (bicyclic) bond motifs is 2. The van der Waals surface area contributed by atoms with Crippen LogP contribution in [0, 0.1) is 11.8 Å². The summed E-state index contributed by atoms with van der Waals surface area (Å²) in [5.41, 5.74) is -4.60. The number of nitrogens with one attached hydrogen (secondary N) is 2. The van der Waals surface area contributed by atoms with Crippen LogP contribution >= 0.6 is 0 Å². The number of carbonyl (C=O) groups excluding carboxylic acids is 1. The molecule has 13 heteroatoms. The second-order valence-electron chi connectivity index (χ2n) is 8.10. The third-order valence-corrected chi connectivity index (χ3v) is 6.27. The molecule has 31 heavy (non-hydrogen) atoms. The minimum atomic E-state index is -5.07. The van der Waals surface area contributed by atoms with E-state index in [4.69, 9.17) is 0 Å². The van der Waals surface area contributed by atoms with Crippen molar-refractivity contribution in [3.63, 3.8) is 0 Å². The summed E-state index contributed by atoms with van der Waals surface area (Å²) in [6.45, 7) is 0.762. The Morgan fingerprint density at radius 3 is 2.35 bits per heavy atom. The number of halogens is 6. The molecule has 0 radical (unpaired) electrons. The van der Waals surface area contributed by atoms with Crippen molar-refractivity contribution in [2.24, 2.45) is 11.8 Å². The van der Waals surface area contributed by atoms with E-state index in [1.807, 2.05) is 0 Å². The molecule has 3 N–H and O–H groups in total. The fourth-order valence-corrected chi connectivity index (χ4v) is 4.71. The molecule has 2 aliphatic heterocycles. The minimum absolute atomic E-state index is 0.0600. The van der Waals surface area contributed by atoms with Crippen LogP contribution in [0.2, 0.25) is 0 Å². The van der Waals surface area contributed by atoms with Crippen molar-refractivity contribution in [1.82, 2.24) is 15.2 Å². The molecule has 1 unspecified atom stereocenters. The molecular formula is C18H15F6N5O2. The Morgan fingerprint density at radius 2 is 1.81 bits per heavy atom. The number of H-pyrrole nitrogens is 1. The standard InChI is InChI=1S/C18H15F6N5O2/c19-17(20,21)7-1-2-10(25-4-7)29-5-8-9(6-29)12(8)14-13-15(28-27-14)26-11(30)3-16(13,31)18(22,23)24/h1-2,4,8-9,12,31H,3,5-6H2,(H2,26,27,28,30)/t8-,9+,12+,16?. The first-order valence-corrected chi connectivity index (χ1v) is 9.36. The van der Waals surface area contributed by atoms with Crippen LogP contribution in [0.3, 0.4) is 0 Å². The number of hydrogen-bond acceptors (Lipinski definition) is 5. The second-order valence-corrected chi connectivity index (χ2v) is 8.10. The van der Waals surface area contributed by atoms with Crippen LogP contribution in [0.25, 0.3) is 0 Å². The molecule has 4 atom stereocenters. The number of carbonyl (C=O) groups is 1. The van der Waals surface area contributed by atoms with E-state index >= 15 is 0 Å². The van der Waals surface area contributed by atoms with Gasteiger partial charge in [-0.15, -0.1) is 0 Å². The summed E-state index contributed by atoms with van der Waals surface area (Å²) in [6, 6.07) is 2.19. The monoisotopic (exact) mass is 447 g/mol. The highest BCUT2D eigenvalue weighted by molar-refractivity contribution is 5.94. The van der Waals surface area contributed by atoms with Gasteiger partial charge in [-0.2, -0.15) is 31.4 Å². The van der Waals surface area contributed by atoms with Crippen LogP contribution in [-0.4, -0.2) is 45.5 Å². The van der Waals surface area contributed by atoms with Gasteiger partial charge in [-0.05, 0) is 24.0 Å². The molecule has 1 amide bonds. The Bertz CT molecular complexity index is 1040. The number of anilines is 2. The van der Waals surface area contributed by atoms with E-state index in [2.05, 4.69) is 20.5 Å². The van der Waals surface area contributed by atoms with Gasteiger partial charge >= 0.3 is 12.4 Å². The van der Waals surface area contributed by atoms with Crippen LogP contribution in [0.1, 0.15) is 29.2 Å². The van der Waals surface area contributed by atoms with Crippen LogP contribution < -0.4 is 10.2 Å². The molecule has 5 rings (SSSR count). The van der Waals surface area contributed by atoms with Crippen molar-refractivity contribution < 1.29 is 36.2 Å². The zero-order chi connectivity index (χ0) is 22.3. The second kappa shape index (κ2) is 6.11. The highest BCUT2D eigenvalue weighted by Gasteiger charge is 2.65. The van der Waals surface area contributed by atoms with E-state index in [1.54, 1.807) is 4.90 Å². The average Bonchev–Trinajstić information content (AvgIpc) is 3.02. The molecule has 2 aromatic rings. The number of rotatable bonds is 2.